The SMILES string of the molecule is Cc1ccc2nc(-c3ccc(NC(=O)COCC(=O)O)cc3)sc2c1. The number of nitrogens with one attached hydrogen (secondary N) is 1. The van der Waals surface area contributed by atoms with Crippen LogP contribution in [0.25, 0.3) is 20.8 Å². The van der Waals surface area contributed by atoms with Crippen molar-refractivity contribution in [3.05, 3.63) is 48.0 Å². The van der Waals surface area contributed by atoms with E-state index in [1.807, 2.05) is 24.3 Å². The Morgan fingerprint density at radius 3 is 2.64 bits per heavy atom. The lowest BCUT2D eigenvalue weighted by Crippen LogP contribution is -2.20. The number of carbonyl (C=O) groups excluding carboxylic acids is 1. The predicted molar refractivity (Wildman–Crippen MR) is 96.9 cm³/mol. The Kier molecular flexibility index (Phi) is 5.06. The summed E-state index contributed by atoms with van der Waals surface area (Å²) in [7, 11) is 0. The van der Waals surface area contributed by atoms with Crippen LogP contribution in [-0.2, 0) is 14.3 Å². The summed E-state index contributed by atoms with van der Waals surface area (Å²) in [5.41, 5.74) is 3.76. The molecule has 6 nitrogen and oxygen atoms in total. The van der Waals surface area contributed by atoms with Crippen LogP contribution in [0.2, 0.25) is 0 Å². The Labute approximate surface area is 148 Å². The highest BCUT2D eigenvalue weighted by atomic mass is 32.1. The molecule has 0 saturated heterocycles. The minimum absolute atomic E-state index is 0.300. The fourth-order valence-electron chi connectivity index (χ4n) is 2.28. The van der Waals surface area contributed by atoms with Crippen LogP contribution >= 0.6 is 11.3 Å². The van der Waals surface area contributed by atoms with Crippen molar-refractivity contribution >= 4 is 39.1 Å². The normalized spacial score (nSPS) is 10.8. The Bertz CT molecular complexity index is 918. The van der Waals surface area contributed by atoms with Crippen molar-refractivity contribution in [2.24, 2.45) is 0 Å². The maximum atomic E-state index is 11.7. The van der Waals surface area contributed by atoms with E-state index in [1.165, 1.54) is 5.56 Å². The first-order valence-electron chi connectivity index (χ1n) is 7.58. The van der Waals surface area contributed by atoms with Gasteiger partial charge in [0.25, 0.3) is 0 Å². The van der Waals surface area contributed by atoms with Crippen LogP contribution in [0.5, 0.6) is 0 Å². The van der Waals surface area contributed by atoms with Crippen molar-refractivity contribution in [3.63, 3.8) is 0 Å². The summed E-state index contributed by atoms with van der Waals surface area (Å²) in [5, 5.41) is 12.0. The first kappa shape index (κ1) is 17.1. The lowest BCUT2D eigenvalue weighted by atomic mass is 10.2. The topological polar surface area (TPSA) is 88.5 Å². The number of fused-ring (bicyclic) bond motifs is 1. The maximum Gasteiger partial charge on any atom is 0.329 e. The second kappa shape index (κ2) is 7.42. The van der Waals surface area contributed by atoms with E-state index >= 15 is 0 Å². The molecule has 0 aliphatic heterocycles. The zero-order valence-corrected chi connectivity index (χ0v) is 14.3. The number of nitrogens with zero attached hydrogens (tertiary/aromatic N) is 1. The highest BCUT2D eigenvalue weighted by molar-refractivity contribution is 7.21. The van der Waals surface area contributed by atoms with Crippen LogP contribution in [0.15, 0.2) is 42.5 Å². The summed E-state index contributed by atoms with van der Waals surface area (Å²) in [5.74, 6) is -1.51. The third-order valence-corrected chi connectivity index (χ3v) is 4.49. The molecular formula is C18H16N2O4S. The third kappa shape index (κ3) is 4.40. The molecule has 25 heavy (non-hydrogen) atoms. The van der Waals surface area contributed by atoms with Gasteiger partial charge in [0.1, 0.15) is 18.2 Å². The molecule has 0 atom stereocenters. The van der Waals surface area contributed by atoms with Gasteiger partial charge in [-0.25, -0.2) is 9.78 Å². The van der Waals surface area contributed by atoms with E-state index in [-0.39, 0.29) is 6.61 Å². The Balaban J connectivity index is 1.66. The van der Waals surface area contributed by atoms with Crippen molar-refractivity contribution in [1.29, 1.82) is 0 Å². The van der Waals surface area contributed by atoms with Gasteiger partial charge in [0.2, 0.25) is 5.91 Å². The number of aryl methyl sites for hydroxylation is 1. The Hall–Kier alpha value is -2.77. The van der Waals surface area contributed by atoms with Gasteiger partial charge in [0.05, 0.1) is 10.2 Å². The van der Waals surface area contributed by atoms with Gasteiger partial charge < -0.3 is 15.2 Å². The summed E-state index contributed by atoms with van der Waals surface area (Å²) in [6, 6.07) is 13.5. The second-order valence-corrected chi connectivity index (χ2v) is 6.53. The Morgan fingerprint density at radius 1 is 1.16 bits per heavy atom. The van der Waals surface area contributed by atoms with E-state index in [9.17, 15) is 9.59 Å². The van der Waals surface area contributed by atoms with Crippen LogP contribution in [0.4, 0.5) is 5.69 Å². The minimum atomic E-state index is -1.11. The van der Waals surface area contributed by atoms with Crippen molar-refractivity contribution in [1.82, 2.24) is 4.98 Å². The second-order valence-electron chi connectivity index (χ2n) is 5.50. The van der Waals surface area contributed by atoms with Gasteiger partial charge in [-0.15, -0.1) is 11.3 Å². The summed E-state index contributed by atoms with van der Waals surface area (Å²) in [6.45, 7) is 1.26. The van der Waals surface area contributed by atoms with Crippen molar-refractivity contribution in [2.45, 2.75) is 6.92 Å². The fourth-order valence-corrected chi connectivity index (χ4v) is 3.35. The van der Waals surface area contributed by atoms with Gasteiger partial charge in [-0.3, -0.25) is 4.79 Å². The van der Waals surface area contributed by atoms with E-state index in [0.29, 0.717) is 5.69 Å². The zero-order valence-electron chi connectivity index (χ0n) is 13.5. The molecule has 0 unspecified atom stereocenters. The average Bonchev–Trinajstić information content (AvgIpc) is 2.98. The number of benzene rings is 2. The number of carbonyl (C=O) groups is 2. The maximum absolute atomic E-state index is 11.7. The van der Waals surface area contributed by atoms with E-state index < -0.39 is 18.5 Å². The Morgan fingerprint density at radius 2 is 1.92 bits per heavy atom. The predicted octanol–water partition coefficient (Wildman–Crippen LogP) is 3.31. The zero-order chi connectivity index (χ0) is 17.8. The highest BCUT2D eigenvalue weighted by Crippen LogP contribution is 2.31. The molecule has 2 aromatic carbocycles. The van der Waals surface area contributed by atoms with E-state index in [4.69, 9.17) is 9.84 Å². The molecule has 7 heteroatoms. The molecule has 1 amide bonds. The van der Waals surface area contributed by atoms with Crippen LogP contribution in [-0.4, -0.2) is 35.2 Å². The number of ether oxygens (including phenoxy) is 1. The number of thiazole rings is 1. The summed E-state index contributed by atoms with van der Waals surface area (Å²) in [4.78, 5) is 26.6. The first-order chi connectivity index (χ1) is 12.0. The van der Waals surface area contributed by atoms with Gasteiger partial charge in [-0.05, 0) is 48.9 Å². The molecule has 0 aliphatic carbocycles. The number of amides is 1. The quantitative estimate of drug-likeness (QED) is 0.707. The summed E-state index contributed by atoms with van der Waals surface area (Å²) >= 11 is 1.62. The van der Waals surface area contributed by atoms with E-state index in [1.54, 1.807) is 23.5 Å². The molecule has 3 aromatic rings. The van der Waals surface area contributed by atoms with E-state index in [0.717, 1.165) is 20.8 Å². The molecule has 1 aromatic heterocycles. The highest BCUT2D eigenvalue weighted by Gasteiger charge is 2.08. The molecule has 0 fully saturated rings. The summed E-state index contributed by atoms with van der Waals surface area (Å²) in [6.07, 6.45) is 0. The lowest BCUT2D eigenvalue weighted by molar-refractivity contribution is -0.143. The molecule has 0 spiro atoms. The number of hydrogen-bond acceptors (Lipinski definition) is 5. The number of carboxylic acids is 1. The van der Waals surface area contributed by atoms with Crippen molar-refractivity contribution in [3.8, 4) is 10.6 Å². The third-order valence-electron chi connectivity index (χ3n) is 3.42. The average molecular weight is 356 g/mol. The van der Waals surface area contributed by atoms with Crippen molar-refractivity contribution < 1.29 is 19.4 Å². The molecule has 0 saturated carbocycles. The standard InChI is InChI=1S/C18H16N2O4S/c1-11-2-7-14-15(8-11)25-18(20-14)12-3-5-13(6-4-12)19-16(21)9-24-10-17(22)23/h2-8H,9-10H2,1H3,(H,19,21)(H,22,23). The lowest BCUT2D eigenvalue weighted by Gasteiger charge is -2.05. The van der Waals surface area contributed by atoms with Crippen LogP contribution in [0, 0.1) is 6.92 Å². The number of rotatable bonds is 6. The number of carboxylic acid groups (broad SMARTS) is 1. The van der Waals surface area contributed by atoms with E-state index in [2.05, 4.69) is 23.3 Å². The molecule has 0 radical (unpaired) electrons. The molecule has 0 aliphatic rings. The molecule has 3 rings (SSSR count). The fraction of sp³-hybridized carbons (Fsp3) is 0.167. The van der Waals surface area contributed by atoms with Crippen LogP contribution in [0.1, 0.15) is 5.56 Å². The molecule has 128 valence electrons. The molecular weight excluding hydrogens is 340 g/mol. The van der Waals surface area contributed by atoms with Gasteiger partial charge in [0, 0.05) is 11.3 Å². The molecule has 2 N–H and O–H groups in total. The molecule has 0 bridgehead atoms. The van der Waals surface area contributed by atoms with Gasteiger partial charge in [-0.2, -0.15) is 0 Å². The number of aromatic nitrogens is 1. The van der Waals surface area contributed by atoms with Crippen molar-refractivity contribution in [2.75, 3.05) is 18.5 Å². The number of anilines is 1. The van der Waals surface area contributed by atoms with Gasteiger partial charge in [0.15, 0.2) is 0 Å². The smallest absolute Gasteiger partial charge is 0.329 e. The minimum Gasteiger partial charge on any atom is -0.480 e. The van der Waals surface area contributed by atoms with Gasteiger partial charge >= 0.3 is 5.97 Å². The largest absolute Gasteiger partial charge is 0.480 e. The number of aliphatic carboxylic acids is 1. The molecule has 1 heterocycles. The van der Waals surface area contributed by atoms with Gasteiger partial charge in [-0.1, -0.05) is 6.07 Å². The first-order valence-corrected chi connectivity index (χ1v) is 8.40. The van der Waals surface area contributed by atoms with Crippen LogP contribution in [0.3, 0.4) is 0 Å². The monoisotopic (exact) mass is 356 g/mol. The number of hydrogen-bond donors (Lipinski definition) is 2. The van der Waals surface area contributed by atoms with Crippen LogP contribution < -0.4 is 5.32 Å². The summed E-state index contributed by atoms with van der Waals surface area (Å²) < 4.78 is 5.89.